The molecule has 2 aromatic rings. The number of thioether (sulfide) groups is 1. The van der Waals surface area contributed by atoms with Crippen molar-refractivity contribution in [1.29, 1.82) is 0 Å². The van der Waals surface area contributed by atoms with Crippen molar-refractivity contribution in [3.05, 3.63) is 57.4 Å². The average molecular weight is 451 g/mol. The molecule has 0 spiro atoms. The van der Waals surface area contributed by atoms with Crippen LogP contribution in [0.15, 0.2) is 47.6 Å². The fourth-order valence-corrected chi connectivity index (χ4v) is 5.29. The summed E-state index contributed by atoms with van der Waals surface area (Å²) in [4.78, 5) is 12.0. The van der Waals surface area contributed by atoms with Gasteiger partial charge in [0, 0.05) is 18.0 Å². The first-order chi connectivity index (χ1) is 11.7. The molecule has 1 N–H and O–H groups in total. The molecule has 1 saturated heterocycles. The number of aromatic hydroxyl groups is 1. The van der Waals surface area contributed by atoms with E-state index in [4.69, 9.17) is 4.99 Å². The maximum Gasteiger partial charge on any atom is 0.160 e. The van der Waals surface area contributed by atoms with Crippen molar-refractivity contribution in [2.45, 2.75) is 31.5 Å². The number of pyridine rings is 1. The lowest BCUT2D eigenvalue weighted by Gasteiger charge is -2.32. The van der Waals surface area contributed by atoms with Crippen molar-refractivity contribution in [2.75, 3.05) is 5.75 Å². The summed E-state index contributed by atoms with van der Waals surface area (Å²) < 4.78 is 0.873. The normalized spacial score (nSPS) is 25.7. The van der Waals surface area contributed by atoms with Gasteiger partial charge in [0.2, 0.25) is 0 Å². The standard InChI is InChI=1S/C18H18IN3OS/c1-2-12-10-24-18-21-16(14-5-3-4-8-20-14)17(22(12)18)11-6-7-15(23)13(19)9-11/h3-9,12,16-17,23H,2,10H2,1H3/t12-,16+,17-/m1/s1. The number of phenolic OH excluding ortho intramolecular Hbond substituents is 1. The first-order valence-corrected chi connectivity index (χ1v) is 10.1. The minimum absolute atomic E-state index is 0.00314. The van der Waals surface area contributed by atoms with Gasteiger partial charge in [-0.3, -0.25) is 9.98 Å². The molecule has 6 heteroatoms. The zero-order chi connectivity index (χ0) is 16.7. The van der Waals surface area contributed by atoms with Gasteiger partial charge in [-0.15, -0.1) is 0 Å². The number of benzene rings is 1. The molecule has 4 nitrogen and oxygen atoms in total. The zero-order valence-corrected chi connectivity index (χ0v) is 16.2. The topological polar surface area (TPSA) is 48.7 Å². The lowest BCUT2D eigenvalue weighted by molar-refractivity contribution is 0.255. The molecule has 0 bridgehead atoms. The first kappa shape index (κ1) is 16.2. The molecule has 0 radical (unpaired) electrons. The molecule has 0 amide bonds. The fourth-order valence-electron chi connectivity index (χ4n) is 3.42. The molecule has 4 rings (SSSR count). The second-order valence-corrected chi connectivity index (χ2v) is 8.20. The molecule has 124 valence electrons. The van der Waals surface area contributed by atoms with Gasteiger partial charge in [0.05, 0.1) is 15.3 Å². The Morgan fingerprint density at radius 3 is 2.92 bits per heavy atom. The number of aromatic nitrogens is 1. The summed E-state index contributed by atoms with van der Waals surface area (Å²) in [6, 6.07) is 12.5. The molecule has 0 aliphatic carbocycles. The van der Waals surface area contributed by atoms with Gasteiger partial charge < -0.3 is 10.0 Å². The van der Waals surface area contributed by atoms with Gasteiger partial charge in [-0.25, -0.2) is 0 Å². The lowest BCUT2D eigenvalue weighted by atomic mass is 9.95. The lowest BCUT2D eigenvalue weighted by Crippen LogP contribution is -2.35. The molecule has 0 unspecified atom stereocenters. The van der Waals surface area contributed by atoms with Crippen molar-refractivity contribution in [2.24, 2.45) is 4.99 Å². The molecule has 1 fully saturated rings. The first-order valence-electron chi connectivity index (χ1n) is 8.07. The number of aliphatic imine (C=N–C) groups is 1. The van der Waals surface area contributed by atoms with E-state index >= 15 is 0 Å². The minimum atomic E-state index is 0.00314. The quantitative estimate of drug-likeness (QED) is 0.705. The number of fused-ring (bicyclic) bond motifs is 1. The summed E-state index contributed by atoms with van der Waals surface area (Å²) in [6.07, 6.45) is 2.94. The third-order valence-electron chi connectivity index (χ3n) is 4.64. The van der Waals surface area contributed by atoms with Gasteiger partial charge >= 0.3 is 0 Å². The van der Waals surface area contributed by atoms with Gasteiger partial charge in [0.1, 0.15) is 11.8 Å². The van der Waals surface area contributed by atoms with E-state index in [-0.39, 0.29) is 12.1 Å². The number of phenols is 1. The average Bonchev–Trinajstić information content (AvgIpc) is 3.17. The van der Waals surface area contributed by atoms with E-state index in [1.807, 2.05) is 36.2 Å². The largest absolute Gasteiger partial charge is 0.507 e. The molecule has 3 atom stereocenters. The monoisotopic (exact) mass is 451 g/mol. The van der Waals surface area contributed by atoms with Gasteiger partial charge in [0.15, 0.2) is 5.17 Å². The molecule has 24 heavy (non-hydrogen) atoms. The second kappa shape index (κ2) is 6.55. The van der Waals surface area contributed by atoms with Crippen LogP contribution in [-0.4, -0.2) is 32.0 Å². The summed E-state index contributed by atoms with van der Waals surface area (Å²) in [5, 5.41) is 11.0. The number of nitrogens with zero attached hydrogens (tertiary/aromatic N) is 3. The van der Waals surface area contributed by atoms with Gasteiger partial charge in [-0.1, -0.05) is 30.8 Å². The third kappa shape index (κ3) is 2.69. The van der Waals surface area contributed by atoms with E-state index in [0.717, 1.165) is 26.6 Å². The Kier molecular flexibility index (Phi) is 4.42. The highest BCUT2D eigenvalue weighted by atomic mass is 127. The predicted molar refractivity (Wildman–Crippen MR) is 106 cm³/mol. The Hall–Kier alpha value is -1.28. The van der Waals surface area contributed by atoms with Crippen molar-refractivity contribution >= 4 is 39.5 Å². The van der Waals surface area contributed by atoms with E-state index in [2.05, 4.69) is 51.5 Å². The van der Waals surface area contributed by atoms with Gasteiger partial charge in [0.25, 0.3) is 0 Å². The molecular weight excluding hydrogens is 433 g/mol. The van der Waals surface area contributed by atoms with Crippen LogP contribution in [0, 0.1) is 3.57 Å². The Balaban J connectivity index is 1.80. The molecule has 2 aliphatic heterocycles. The SMILES string of the molecule is CC[C@@H]1CSC2=N[C@@H](c3ccccn3)[C@@H](c3ccc(O)c(I)c3)N21. The molecule has 1 aromatic carbocycles. The van der Waals surface area contributed by atoms with Crippen molar-refractivity contribution in [3.63, 3.8) is 0 Å². The van der Waals surface area contributed by atoms with Crippen LogP contribution < -0.4 is 0 Å². The number of rotatable bonds is 3. The number of hydrogen-bond acceptors (Lipinski definition) is 5. The summed E-state index contributed by atoms with van der Waals surface area (Å²) >= 11 is 4.03. The van der Waals surface area contributed by atoms with Crippen LogP contribution >= 0.6 is 34.4 Å². The number of halogens is 1. The van der Waals surface area contributed by atoms with Crippen LogP contribution in [0.5, 0.6) is 5.75 Å². The Morgan fingerprint density at radius 2 is 2.21 bits per heavy atom. The summed E-state index contributed by atoms with van der Waals surface area (Å²) in [5.74, 6) is 1.42. The predicted octanol–water partition coefficient (Wildman–Crippen LogP) is 4.37. The summed E-state index contributed by atoms with van der Waals surface area (Å²) in [6.45, 7) is 2.24. The zero-order valence-electron chi connectivity index (χ0n) is 13.3. The van der Waals surface area contributed by atoms with Gasteiger partial charge in [-0.2, -0.15) is 0 Å². The van der Waals surface area contributed by atoms with Crippen molar-refractivity contribution in [3.8, 4) is 5.75 Å². The molecule has 1 aromatic heterocycles. The highest BCUT2D eigenvalue weighted by Crippen LogP contribution is 2.48. The molecule has 0 saturated carbocycles. The van der Waals surface area contributed by atoms with Crippen LogP contribution in [-0.2, 0) is 0 Å². The maximum atomic E-state index is 9.89. The minimum Gasteiger partial charge on any atom is -0.507 e. The van der Waals surface area contributed by atoms with E-state index in [9.17, 15) is 5.11 Å². The Morgan fingerprint density at radius 1 is 1.33 bits per heavy atom. The molecule has 2 aliphatic rings. The molecular formula is C18H18IN3OS. The van der Waals surface area contributed by atoms with E-state index in [0.29, 0.717) is 11.8 Å². The summed E-state index contributed by atoms with van der Waals surface area (Å²) in [5.41, 5.74) is 2.19. The highest BCUT2D eigenvalue weighted by Gasteiger charge is 2.45. The number of amidine groups is 1. The van der Waals surface area contributed by atoms with Crippen LogP contribution in [0.2, 0.25) is 0 Å². The third-order valence-corrected chi connectivity index (χ3v) is 6.63. The van der Waals surface area contributed by atoms with E-state index in [1.165, 1.54) is 5.56 Å². The Bertz CT molecular complexity index is 783. The van der Waals surface area contributed by atoms with E-state index in [1.54, 1.807) is 6.07 Å². The maximum absolute atomic E-state index is 9.89. The van der Waals surface area contributed by atoms with E-state index < -0.39 is 0 Å². The highest BCUT2D eigenvalue weighted by molar-refractivity contribution is 14.1. The smallest absolute Gasteiger partial charge is 0.160 e. The van der Waals surface area contributed by atoms with Gasteiger partial charge in [-0.05, 0) is 58.8 Å². The van der Waals surface area contributed by atoms with Crippen LogP contribution in [0.3, 0.4) is 0 Å². The summed E-state index contributed by atoms with van der Waals surface area (Å²) in [7, 11) is 0. The number of hydrogen-bond donors (Lipinski definition) is 1. The van der Waals surface area contributed by atoms with Crippen molar-refractivity contribution in [1.82, 2.24) is 9.88 Å². The Labute approximate surface area is 159 Å². The van der Waals surface area contributed by atoms with Crippen molar-refractivity contribution < 1.29 is 5.11 Å². The second-order valence-electron chi connectivity index (χ2n) is 6.05. The van der Waals surface area contributed by atoms with Crippen LogP contribution in [0.1, 0.15) is 36.7 Å². The molecule has 3 heterocycles. The fraction of sp³-hybridized carbons (Fsp3) is 0.333. The van der Waals surface area contributed by atoms with Crippen LogP contribution in [0.25, 0.3) is 0 Å². The van der Waals surface area contributed by atoms with Crippen LogP contribution in [0.4, 0.5) is 0 Å².